The van der Waals surface area contributed by atoms with E-state index in [1.54, 1.807) is 0 Å². The molecular formula is C7H13F2NO2S. The molecule has 1 saturated heterocycles. The third-order valence-electron chi connectivity index (χ3n) is 2.13. The van der Waals surface area contributed by atoms with Crippen molar-refractivity contribution in [3.63, 3.8) is 0 Å². The summed E-state index contributed by atoms with van der Waals surface area (Å²) in [6.45, 7) is 0.0585. The largest absolute Gasteiger partial charge is 0.311 e. The molecule has 0 aromatic rings. The van der Waals surface area contributed by atoms with Gasteiger partial charge >= 0.3 is 0 Å². The Morgan fingerprint density at radius 2 is 2.15 bits per heavy atom. The van der Waals surface area contributed by atoms with Gasteiger partial charge in [-0.3, -0.25) is 0 Å². The van der Waals surface area contributed by atoms with E-state index in [1.165, 1.54) is 0 Å². The van der Waals surface area contributed by atoms with Gasteiger partial charge in [0.15, 0.2) is 0 Å². The lowest BCUT2D eigenvalue weighted by Crippen LogP contribution is -2.48. The van der Waals surface area contributed by atoms with Crippen LogP contribution in [0.1, 0.15) is 6.42 Å². The van der Waals surface area contributed by atoms with E-state index < -0.39 is 34.0 Å². The van der Waals surface area contributed by atoms with Gasteiger partial charge in [0.25, 0.3) is 5.92 Å². The fourth-order valence-electron chi connectivity index (χ4n) is 1.46. The van der Waals surface area contributed by atoms with Crippen LogP contribution in [0.2, 0.25) is 0 Å². The number of sulfone groups is 1. The molecule has 0 aliphatic carbocycles. The van der Waals surface area contributed by atoms with Gasteiger partial charge in [0, 0.05) is 12.2 Å². The minimum Gasteiger partial charge on any atom is -0.311 e. The predicted molar refractivity (Wildman–Crippen MR) is 45.6 cm³/mol. The number of nitrogens with one attached hydrogen (secondary N) is 1. The van der Waals surface area contributed by atoms with Crippen LogP contribution in [0.15, 0.2) is 0 Å². The fourth-order valence-corrected chi connectivity index (χ4v) is 2.60. The molecule has 1 N–H and O–H groups in total. The number of piperidine rings is 1. The molecule has 6 heteroatoms. The van der Waals surface area contributed by atoms with Crippen molar-refractivity contribution >= 4 is 9.84 Å². The van der Waals surface area contributed by atoms with Gasteiger partial charge in [-0.15, -0.1) is 0 Å². The van der Waals surface area contributed by atoms with Crippen LogP contribution in [0.25, 0.3) is 0 Å². The third kappa shape index (κ3) is 3.19. The lowest BCUT2D eigenvalue weighted by molar-refractivity contribution is -0.0645. The molecular weight excluding hydrogens is 200 g/mol. The summed E-state index contributed by atoms with van der Waals surface area (Å²) in [5, 5.41) is 2.55. The van der Waals surface area contributed by atoms with Gasteiger partial charge in [-0.25, -0.2) is 17.2 Å². The highest BCUT2D eigenvalue weighted by Crippen LogP contribution is 2.30. The topological polar surface area (TPSA) is 46.2 Å². The minimum absolute atomic E-state index is 0.222. The van der Waals surface area contributed by atoms with Crippen molar-refractivity contribution in [3.05, 3.63) is 0 Å². The van der Waals surface area contributed by atoms with Crippen LogP contribution in [0.4, 0.5) is 8.78 Å². The first-order valence-electron chi connectivity index (χ1n) is 4.07. The van der Waals surface area contributed by atoms with Crippen molar-refractivity contribution in [1.82, 2.24) is 5.32 Å². The van der Waals surface area contributed by atoms with E-state index in [9.17, 15) is 17.2 Å². The molecule has 0 bridgehead atoms. The van der Waals surface area contributed by atoms with E-state index in [-0.39, 0.29) is 6.42 Å². The zero-order chi connectivity index (χ0) is 10.1. The number of alkyl halides is 2. The molecule has 0 spiro atoms. The number of halogens is 2. The Bertz CT molecular complexity index is 276. The third-order valence-corrected chi connectivity index (χ3v) is 3.14. The van der Waals surface area contributed by atoms with Crippen LogP contribution in [0.5, 0.6) is 0 Å². The van der Waals surface area contributed by atoms with Crippen molar-refractivity contribution in [2.75, 3.05) is 25.1 Å². The summed E-state index contributed by atoms with van der Waals surface area (Å²) in [4.78, 5) is 0. The number of hydrogen-bond donors (Lipinski definition) is 1. The molecule has 1 unspecified atom stereocenters. The van der Waals surface area contributed by atoms with Crippen molar-refractivity contribution in [2.45, 2.75) is 12.3 Å². The normalized spacial score (nSPS) is 28.7. The molecule has 1 rings (SSSR count). The maximum Gasteiger partial charge on any atom is 0.264 e. The van der Waals surface area contributed by atoms with E-state index in [0.29, 0.717) is 6.54 Å². The van der Waals surface area contributed by atoms with Crippen LogP contribution < -0.4 is 5.32 Å². The van der Waals surface area contributed by atoms with Gasteiger partial charge in [-0.2, -0.15) is 0 Å². The molecule has 0 amide bonds. The van der Waals surface area contributed by atoms with E-state index in [0.717, 1.165) is 6.26 Å². The highest BCUT2D eigenvalue weighted by atomic mass is 32.2. The molecule has 0 aromatic carbocycles. The summed E-state index contributed by atoms with van der Waals surface area (Å²) >= 11 is 0. The van der Waals surface area contributed by atoms with E-state index in [2.05, 4.69) is 5.32 Å². The maximum absolute atomic E-state index is 13.1. The Morgan fingerprint density at radius 1 is 1.54 bits per heavy atom. The zero-order valence-electron chi connectivity index (χ0n) is 7.39. The highest BCUT2D eigenvalue weighted by molar-refractivity contribution is 7.90. The SMILES string of the molecule is CS(=O)(=O)CC1CCNCC1(F)F. The Morgan fingerprint density at radius 3 is 2.62 bits per heavy atom. The van der Waals surface area contributed by atoms with Gasteiger partial charge in [0.1, 0.15) is 9.84 Å². The second-order valence-electron chi connectivity index (χ2n) is 3.52. The summed E-state index contributed by atoms with van der Waals surface area (Å²) in [5.74, 6) is -4.33. The Balaban J connectivity index is 2.67. The minimum atomic E-state index is -3.30. The van der Waals surface area contributed by atoms with Crippen LogP contribution in [0.3, 0.4) is 0 Å². The first-order valence-corrected chi connectivity index (χ1v) is 6.13. The summed E-state index contributed by atoms with van der Waals surface area (Å²) < 4.78 is 47.8. The first kappa shape index (κ1) is 10.8. The van der Waals surface area contributed by atoms with Gasteiger partial charge in [0.2, 0.25) is 0 Å². The van der Waals surface area contributed by atoms with Gasteiger partial charge < -0.3 is 5.32 Å². The average molecular weight is 213 g/mol. The smallest absolute Gasteiger partial charge is 0.264 e. The van der Waals surface area contributed by atoms with Crippen LogP contribution in [-0.4, -0.2) is 39.4 Å². The van der Waals surface area contributed by atoms with Crippen LogP contribution in [0, 0.1) is 5.92 Å². The molecule has 1 aliphatic heterocycles. The maximum atomic E-state index is 13.1. The Kier molecular flexibility index (Phi) is 2.91. The van der Waals surface area contributed by atoms with Crippen molar-refractivity contribution in [2.24, 2.45) is 5.92 Å². The molecule has 78 valence electrons. The molecule has 1 heterocycles. The second kappa shape index (κ2) is 3.49. The van der Waals surface area contributed by atoms with Gasteiger partial charge in [0.05, 0.1) is 12.3 Å². The summed E-state index contributed by atoms with van der Waals surface area (Å²) in [5.41, 5.74) is 0. The fraction of sp³-hybridized carbons (Fsp3) is 1.00. The molecule has 0 saturated carbocycles. The molecule has 3 nitrogen and oxygen atoms in total. The van der Waals surface area contributed by atoms with Crippen LogP contribution >= 0.6 is 0 Å². The predicted octanol–water partition coefficient (Wildman–Crippen LogP) is 0.276. The van der Waals surface area contributed by atoms with Crippen molar-refractivity contribution in [1.29, 1.82) is 0 Å². The number of hydrogen-bond acceptors (Lipinski definition) is 3. The molecule has 0 radical (unpaired) electrons. The molecule has 1 fully saturated rings. The standard InChI is InChI=1S/C7H13F2NO2S/c1-13(11,12)4-6-2-3-10-5-7(6,8)9/h6,10H,2-5H2,1H3. The summed E-state index contributed by atoms with van der Waals surface area (Å²) in [7, 11) is -3.30. The molecule has 13 heavy (non-hydrogen) atoms. The van der Waals surface area contributed by atoms with Gasteiger partial charge in [-0.1, -0.05) is 0 Å². The van der Waals surface area contributed by atoms with Crippen LogP contribution in [-0.2, 0) is 9.84 Å². The van der Waals surface area contributed by atoms with Gasteiger partial charge in [-0.05, 0) is 13.0 Å². The van der Waals surface area contributed by atoms with Crippen molar-refractivity contribution in [3.8, 4) is 0 Å². The average Bonchev–Trinajstić information content (AvgIpc) is 1.91. The van der Waals surface area contributed by atoms with E-state index in [4.69, 9.17) is 0 Å². The summed E-state index contributed by atoms with van der Waals surface area (Å²) in [6, 6.07) is 0. The Labute approximate surface area is 76.4 Å². The quantitative estimate of drug-likeness (QED) is 0.716. The van der Waals surface area contributed by atoms with E-state index >= 15 is 0 Å². The Hall–Kier alpha value is -0.230. The molecule has 1 atom stereocenters. The lowest BCUT2D eigenvalue weighted by Gasteiger charge is -2.31. The summed E-state index contributed by atoms with van der Waals surface area (Å²) in [6.07, 6.45) is 1.21. The monoisotopic (exact) mass is 213 g/mol. The highest BCUT2D eigenvalue weighted by Gasteiger charge is 2.42. The molecule has 1 aliphatic rings. The number of rotatable bonds is 2. The second-order valence-corrected chi connectivity index (χ2v) is 5.70. The van der Waals surface area contributed by atoms with E-state index in [1.807, 2.05) is 0 Å². The first-order chi connectivity index (χ1) is 5.81. The van der Waals surface area contributed by atoms with Crippen molar-refractivity contribution < 1.29 is 17.2 Å². The molecule has 0 aromatic heterocycles. The zero-order valence-corrected chi connectivity index (χ0v) is 8.20. The lowest BCUT2D eigenvalue weighted by atomic mass is 9.96.